The zero-order valence-corrected chi connectivity index (χ0v) is 22.4. The fourth-order valence-electron chi connectivity index (χ4n) is 5.20. The van der Waals surface area contributed by atoms with Crippen molar-refractivity contribution in [1.29, 1.82) is 0 Å². The molecule has 5 heterocycles. The average Bonchev–Trinajstić information content (AvgIpc) is 2.92. The summed E-state index contributed by atoms with van der Waals surface area (Å²) in [5, 5.41) is 3.37. The van der Waals surface area contributed by atoms with Crippen LogP contribution in [-0.4, -0.2) is 76.8 Å². The predicted octanol–water partition coefficient (Wildman–Crippen LogP) is 2.40. The molecule has 0 aromatic carbocycles. The number of anilines is 2. The van der Waals surface area contributed by atoms with Gasteiger partial charge in [0.15, 0.2) is 0 Å². The topological polar surface area (TPSA) is 82.4 Å². The van der Waals surface area contributed by atoms with Crippen LogP contribution in [0.2, 0.25) is 0 Å². The third-order valence-corrected chi connectivity index (χ3v) is 7.32. The molecule has 196 valence electrons. The van der Waals surface area contributed by atoms with Crippen LogP contribution in [0.15, 0.2) is 41.6 Å². The molecule has 0 saturated carbocycles. The van der Waals surface area contributed by atoms with Gasteiger partial charge < -0.3 is 19.7 Å². The largest absolute Gasteiger partial charge is 0.354 e. The van der Waals surface area contributed by atoms with Gasteiger partial charge in [0.2, 0.25) is 5.95 Å². The Morgan fingerprint density at radius 2 is 1.68 bits per heavy atom. The molecule has 9 heteroatoms. The molecule has 9 nitrogen and oxygen atoms in total. The van der Waals surface area contributed by atoms with Gasteiger partial charge in [-0.3, -0.25) is 9.69 Å². The maximum atomic E-state index is 12.2. The highest BCUT2D eigenvalue weighted by molar-refractivity contribution is 5.68. The van der Waals surface area contributed by atoms with E-state index in [2.05, 4.69) is 56.0 Å². The van der Waals surface area contributed by atoms with Gasteiger partial charge in [0.25, 0.3) is 5.56 Å². The number of nitrogens with zero attached hydrogens (tertiary/aromatic N) is 7. The first-order chi connectivity index (χ1) is 17.9. The second-order valence-electron chi connectivity index (χ2n) is 10.5. The van der Waals surface area contributed by atoms with Gasteiger partial charge in [0.05, 0.1) is 5.69 Å². The van der Waals surface area contributed by atoms with Gasteiger partial charge >= 0.3 is 0 Å². The molecule has 0 aliphatic carbocycles. The van der Waals surface area contributed by atoms with E-state index in [0.717, 1.165) is 98.6 Å². The Labute approximate surface area is 219 Å². The van der Waals surface area contributed by atoms with Gasteiger partial charge in [-0.25, -0.2) is 15.0 Å². The Morgan fingerprint density at radius 3 is 2.32 bits per heavy atom. The maximum absolute atomic E-state index is 12.2. The van der Waals surface area contributed by atoms with E-state index >= 15 is 0 Å². The van der Waals surface area contributed by atoms with Crippen molar-refractivity contribution in [3.8, 4) is 11.1 Å². The molecule has 37 heavy (non-hydrogen) atoms. The lowest BCUT2D eigenvalue weighted by Crippen LogP contribution is -2.46. The van der Waals surface area contributed by atoms with E-state index in [1.807, 2.05) is 38.6 Å². The number of hydrogen-bond acceptors (Lipinski definition) is 8. The molecule has 0 spiro atoms. The number of pyridine rings is 2. The Hall–Kier alpha value is -3.30. The number of nitrogens with one attached hydrogen (secondary N) is 1. The summed E-state index contributed by atoms with van der Waals surface area (Å²) in [5.74, 6) is 2.13. The van der Waals surface area contributed by atoms with Gasteiger partial charge in [-0.05, 0) is 31.0 Å². The number of rotatable bonds is 6. The zero-order valence-electron chi connectivity index (χ0n) is 22.4. The maximum Gasteiger partial charge on any atom is 0.253 e. The summed E-state index contributed by atoms with van der Waals surface area (Å²) in [4.78, 5) is 33.6. The molecule has 0 unspecified atom stereocenters. The van der Waals surface area contributed by atoms with Crippen LogP contribution < -0.4 is 20.7 Å². The van der Waals surface area contributed by atoms with Crippen molar-refractivity contribution in [3.63, 3.8) is 0 Å². The molecular weight excluding hydrogens is 464 g/mol. The van der Waals surface area contributed by atoms with Crippen molar-refractivity contribution in [2.75, 3.05) is 62.2 Å². The predicted molar refractivity (Wildman–Crippen MR) is 148 cm³/mol. The van der Waals surface area contributed by atoms with E-state index in [1.165, 1.54) is 0 Å². The van der Waals surface area contributed by atoms with Crippen LogP contribution in [-0.2, 0) is 13.6 Å². The van der Waals surface area contributed by atoms with Crippen molar-refractivity contribution in [2.45, 2.75) is 33.2 Å². The van der Waals surface area contributed by atoms with Crippen molar-refractivity contribution in [1.82, 2.24) is 29.7 Å². The first kappa shape index (κ1) is 25.4. The molecule has 3 aromatic rings. The van der Waals surface area contributed by atoms with Crippen molar-refractivity contribution >= 4 is 11.8 Å². The average molecular weight is 503 g/mol. The molecule has 1 N–H and O–H groups in total. The van der Waals surface area contributed by atoms with Crippen LogP contribution in [0.3, 0.4) is 0 Å². The lowest BCUT2D eigenvalue weighted by atomic mass is 9.97. The van der Waals surface area contributed by atoms with E-state index < -0.39 is 0 Å². The minimum Gasteiger partial charge on any atom is -0.354 e. The van der Waals surface area contributed by atoms with Gasteiger partial charge in [0.1, 0.15) is 5.82 Å². The summed E-state index contributed by atoms with van der Waals surface area (Å²) in [5.41, 5.74) is 5.15. The summed E-state index contributed by atoms with van der Waals surface area (Å²) in [7, 11) is 1.81. The lowest BCUT2D eigenvalue weighted by molar-refractivity contribution is 0.249. The molecule has 2 saturated heterocycles. The molecule has 5 rings (SSSR count). The molecule has 0 amide bonds. The van der Waals surface area contributed by atoms with Crippen molar-refractivity contribution < 1.29 is 0 Å². The van der Waals surface area contributed by atoms with E-state index in [0.29, 0.717) is 0 Å². The molecule has 0 radical (unpaired) electrons. The number of hydrogen-bond donors (Lipinski definition) is 1. The van der Waals surface area contributed by atoms with Gasteiger partial charge in [-0.1, -0.05) is 13.8 Å². The number of aryl methyl sites for hydroxylation is 2. The standard InChI is InChI=1S/C28H38N8O/c1-20(2)26-24(23-15-21(3)27(37)33(4)19-23)5-6-25(32-26)35-13-11-34(12-14-35)18-22-16-30-28(31-17-22)36-9-7-29-8-10-36/h5-6,15-17,19-20,29H,7-14,18H2,1-4H3. The number of piperazine rings is 2. The van der Waals surface area contributed by atoms with Crippen LogP contribution in [0.1, 0.15) is 36.6 Å². The second kappa shape index (κ2) is 11.0. The normalized spacial score (nSPS) is 17.0. The Kier molecular flexibility index (Phi) is 7.53. The minimum absolute atomic E-state index is 0.0411. The molecule has 3 aromatic heterocycles. The molecular formula is C28H38N8O. The first-order valence-corrected chi connectivity index (χ1v) is 13.3. The zero-order chi connectivity index (χ0) is 25.9. The number of aromatic nitrogens is 4. The summed E-state index contributed by atoms with van der Waals surface area (Å²) >= 11 is 0. The SMILES string of the molecule is Cc1cc(-c2ccc(N3CCN(Cc4cnc(N5CCNCC5)nc4)CC3)nc2C(C)C)cn(C)c1=O. The Balaban J connectivity index is 1.23. The van der Waals surface area contributed by atoms with Crippen molar-refractivity contribution in [2.24, 2.45) is 7.05 Å². The van der Waals surface area contributed by atoms with Crippen LogP contribution in [0, 0.1) is 6.92 Å². The highest BCUT2D eigenvalue weighted by atomic mass is 16.1. The van der Waals surface area contributed by atoms with Gasteiger partial charge in [-0.15, -0.1) is 0 Å². The highest BCUT2D eigenvalue weighted by Gasteiger charge is 2.21. The molecule has 0 atom stereocenters. The van der Waals surface area contributed by atoms with Crippen LogP contribution in [0.4, 0.5) is 11.8 Å². The summed E-state index contributed by atoms with van der Waals surface area (Å²) < 4.78 is 1.66. The highest BCUT2D eigenvalue weighted by Crippen LogP contribution is 2.30. The fourth-order valence-corrected chi connectivity index (χ4v) is 5.20. The monoisotopic (exact) mass is 502 g/mol. The quantitative estimate of drug-likeness (QED) is 0.550. The van der Waals surface area contributed by atoms with Crippen LogP contribution in [0.25, 0.3) is 11.1 Å². The Morgan fingerprint density at radius 1 is 0.973 bits per heavy atom. The van der Waals surface area contributed by atoms with E-state index in [1.54, 1.807) is 4.57 Å². The summed E-state index contributed by atoms with van der Waals surface area (Å²) in [6.07, 6.45) is 5.87. The van der Waals surface area contributed by atoms with Crippen LogP contribution in [0.5, 0.6) is 0 Å². The van der Waals surface area contributed by atoms with E-state index in [4.69, 9.17) is 4.98 Å². The molecule has 2 fully saturated rings. The minimum atomic E-state index is 0.0411. The van der Waals surface area contributed by atoms with E-state index in [-0.39, 0.29) is 11.5 Å². The third kappa shape index (κ3) is 5.67. The van der Waals surface area contributed by atoms with Crippen LogP contribution >= 0.6 is 0 Å². The van der Waals surface area contributed by atoms with Gasteiger partial charge in [-0.2, -0.15) is 0 Å². The van der Waals surface area contributed by atoms with Crippen molar-refractivity contribution in [3.05, 3.63) is 64.0 Å². The fraction of sp³-hybridized carbons (Fsp3) is 0.500. The van der Waals surface area contributed by atoms with E-state index in [9.17, 15) is 4.79 Å². The molecule has 2 aliphatic heterocycles. The first-order valence-electron chi connectivity index (χ1n) is 13.3. The Bertz CT molecular complexity index is 1250. The lowest BCUT2D eigenvalue weighted by Gasteiger charge is -2.35. The summed E-state index contributed by atoms with van der Waals surface area (Å²) in [6.45, 7) is 14.8. The second-order valence-corrected chi connectivity index (χ2v) is 10.5. The third-order valence-electron chi connectivity index (χ3n) is 7.32. The molecule has 0 bridgehead atoms. The van der Waals surface area contributed by atoms with Gasteiger partial charge in [0, 0.05) is 107 Å². The molecule has 2 aliphatic rings. The summed E-state index contributed by atoms with van der Waals surface area (Å²) in [6, 6.07) is 6.27. The smallest absolute Gasteiger partial charge is 0.253 e.